The first-order valence-electron chi connectivity index (χ1n) is 9.82. The number of benzene rings is 3. The van der Waals surface area contributed by atoms with Gasteiger partial charge in [-0.15, -0.1) is 0 Å². The predicted molar refractivity (Wildman–Crippen MR) is 122 cm³/mol. The second-order valence-electron chi connectivity index (χ2n) is 7.46. The van der Waals surface area contributed by atoms with Gasteiger partial charge in [-0.25, -0.2) is 19.2 Å². The maximum Gasteiger partial charge on any atom is 0.335 e. The van der Waals surface area contributed by atoms with Gasteiger partial charge >= 0.3 is 23.9 Å². The van der Waals surface area contributed by atoms with Crippen LogP contribution in [0.25, 0.3) is 22.3 Å². The van der Waals surface area contributed by atoms with E-state index in [-0.39, 0.29) is 33.4 Å². The van der Waals surface area contributed by atoms with E-state index in [0.29, 0.717) is 0 Å². The van der Waals surface area contributed by atoms with Crippen LogP contribution in [0.2, 0.25) is 0 Å². The van der Waals surface area contributed by atoms with Gasteiger partial charge in [0.2, 0.25) is 11.8 Å². The topological polar surface area (TPSA) is 235 Å². The average Bonchev–Trinajstić information content (AvgIpc) is 2.82. The quantitative estimate of drug-likeness (QED) is 0.267. The zero-order valence-electron chi connectivity index (χ0n) is 18.0. The number of hydrogen-bond donors (Lipinski definition) is 6. The molecule has 0 heterocycles. The van der Waals surface area contributed by atoms with Crippen LogP contribution < -0.4 is 11.5 Å². The molecule has 12 heteroatoms. The Morgan fingerprint density at radius 1 is 0.472 bits per heavy atom. The van der Waals surface area contributed by atoms with E-state index in [9.17, 15) is 49.2 Å². The fraction of sp³-hybridized carbons (Fsp3) is 0. The Morgan fingerprint density at radius 2 is 0.722 bits per heavy atom. The molecule has 0 unspecified atom stereocenters. The summed E-state index contributed by atoms with van der Waals surface area (Å²) in [6.07, 6.45) is 0. The number of carboxylic acids is 4. The Morgan fingerprint density at radius 3 is 0.917 bits per heavy atom. The predicted octanol–water partition coefficient (Wildman–Crippen LogP) is 2.01. The van der Waals surface area contributed by atoms with E-state index in [0.717, 1.165) is 48.5 Å². The Kier molecular flexibility index (Phi) is 6.54. The van der Waals surface area contributed by atoms with Crippen LogP contribution in [0.5, 0.6) is 0 Å². The van der Waals surface area contributed by atoms with Crippen LogP contribution in [0.1, 0.15) is 62.1 Å². The summed E-state index contributed by atoms with van der Waals surface area (Å²) in [6.45, 7) is 0. The Hall–Kier alpha value is -5.52. The van der Waals surface area contributed by atoms with E-state index >= 15 is 0 Å². The number of hydrogen-bond acceptors (Lipinski definition) is 6. The van der Waals surface area contributed by atoms with Crippen LogP contribution in [-0.4, -0.2) is 56.1 Å². The van der Waals surface area contributed by atoms with Crippen LogP contribution in [-0.2, 0) is 0 Å². The maximum absolute atomic E-state index is 12.3. The molecule has 0 fully saturated rings. The Labute approximate surface area is 201 Å². The highest BCUT2D eigenvalue weighted by Gasteiger charge is 2.25. The first kappa shape index (κ1) is 25.1. The van der Waals surface area contributed by atoms with E-state index < -0.39 is 57.9 Å². The van der Waals surface area contributed by atoms with Crippen molar-refractivity contribution < 1.29 is 49.2 Å². The molecule has 8 N–H and O–H groups in total. The van der Waals surface area contributed by atoms with E-state index in [4.69, 9.17) is 11.5 Å². The highest BCUT2D eigenvalue weighted by atomic mass is 16.4. The van der Waals surface area contributed by atoms with Gasteiger partial charge in [-0.05, 0) is 59.7 Å². The van der Waals surface area contributed by atoms with Gasteiger partial charge in [-0.3, -0.25) is 9.59 Å². The molecule has 0 aliphatic rings. The third-order valence-corrected chi connectivity index (χ3v) is 5.17. The van der Waals surface area contributed by atoms with Crippen molar-refractivity contribution >= 4 is 35.7 Å². The number of carbonyl (C=O) groups is 6. The molecule has 2 amide bonds. The van der Waals surface area contributed by atoms with E-state index in [1.807, 2.05) is 0 Å². The van der Waals surface area contributed by atoms with Crippen molar-refractivity contribution in [2.75, 3.05) is 0 Å². The minimum Gasteiger partial charge on any atom is -0.478 e. The van der Waals surface area contributed by atoms with Gasteiger partial charge < -0.3 is 31.9 Å². The van der Waals surface area contributed by atoms with Crippen molar-refractivity contribution in [1.82, 2.24) is 0 Å². The highest BCUT2D eigenvalue weighted by molar-refractivity contribution is 6.12. The normalized spacial score (nSPS) is 10.4. The number of aromatic carboxylic acids is 4. The third-order valence-electron chi connectivity index (χ3n) is 5.17. The number of carbonyl (C=O) groups excluding carboxylic acids is 2. The number of rotatable bonds is 8. The van der Waals surface area contributed by atoms with Crippen LogP contribution in [0, 0.1) is 0 Å². The number of nitrogens with two attached hydrogens (primary N) is 2. The summed E-state index contributed by atoms with van der Waals surface area (Å²) in [5, 5.41) is 37.9. The maximum atomic E-state index is 12.3. The van der Waals surface area contributed by atoms with E-state index in [1.165, 1.54) is 0 Å². The molecule has 3 aromatic rings. The number of amides is 2. The van der Waals surface area contributed by atoms with Crippen LogP contribution in [0.15, 0.2) is 48.5 Å². The van der Waals surface area contributed by atoms with Crippen LogP contribution >= 0.6 is 0 Å². The molecule has 0 saturated carbocycles. The Bertz CT molecular complexity index is 1330. The molecular formula is C24H16N2O10. The number of primary amides is 2. The van der Waals surface area contributed by atoms with Crippen LogP contribution in [0.4, 0.5) is 0 Å². The minimum atomic E-state index is -1.51. The fourth-order valence-electron chi connectivity index (χ4n) is 3.65. The first-order valence-corrected chi connectivity index (χ1v) is 9.82. The van der Waals surface area contributed by atoms with Gasteiger partial charge in [-0.1, -0.05) is 0 Å². The van der Waals surface area contributed by atoms with Gasteiger partial charge in [0, 0.05) is 22.3 Å². The molecule has 0 spiro atoms. The Balaban J connectivity index is 2.60. The lowest BCUT2D eigenvalue weighted by Gasteiger charge is -2.19. The molecule has 36 heavy (non-hydrogen) atoms. The molecule has 3 aromatic carbocycles. The molecule has 0 saturated heterocycles. The largest absolute Gasteiger partial charge is 0.478 e. The monoisotopic (exact) mass is 492 g/mol. The second-order valence-corrected chi connectivity index (χ2v) is 7.46. The average molecular weight is 492 g/mol. The summed E-state index contributed by atoms with van der Waals surface area (Å²) < 4.78 is 0. The second kappa shape index (κ2) is 9.38. The molecule has 0 aliphatic heterocycles. The number of carboxylic acid groups (broad SMARTS) is 4. The lowest BCUT2D eigenvalue weighted by Crippen LogP contribution is -2.18. The first-order chi connectivity index (χ1) is 16.8. The molecule has 182 valence electrons. The molecule has 0 bridgehead atoms. The molecule has 0 aromatic heterocycles. The fourth-order valence-corrected chi connectivity index (χ4v) is 3.65. The molecular weight excluding hydrogens is 476 g/mol. The van der Waals surface area contributed by atoms with Gasteiger partial charge in [0.25, 0.3) is 0 Å². The van der Waals surface area contributed by atoms with Crippen molar-refractivity contribution in [3.63, 3.8) is 0 Å². The molecule has 12 nitrogen and oxygen atoms in total. The lowest BCUT2D eigenvalue weighted by atomic mass is 9.84. The lowest BCUT2D eigenvalue weighted by molar-refractivity contribution is 0.0676. The van der Waals surface area contributed by atoms with Crippen molar-refractivity contribution in [3.8, 4) is 22.3 Å². The highest BCUT2D eigenvalue weighted by Crippen LogP contribution is 2.39. The zero-order valence-corrected chi connectivity index (χ0v) is 18.0. The standard InChI is InChI=1S/C24H16N2O10/c25-19(27)15-1-2-16(20(26)28)18(10-5-13(23(33)34)8-14(6-10)24(35)36)17(15)9-3-11(21(29)30)7-12(4-9)22(31)32/h1-8H,(H2,25,27)(H2,26,28)(H,29,30)(H,31,32)(H,33,34)(H,35,36). The van der Waals surface area contributed by atoms with Gasteiger partial charge in [0.05, 0.1) is 22.3 Å². The van der Waals surface area contributed by atoms with Crippen molar-refractivity contribution in [3.05, 3.63) is 81.9 Å². The summed E-state index contributed by atoms with van der Waals surface area (Å²) >= 11 is 0. The van der Waals surface area contributed by atoms with Gasteiger partial charge in [-0.2, -0.15) is 0 Å². The zero-order chi connectivity index (χ0) is 26.9. The molecule has 0 radical (unpaired) electrons. The van der Waals surface area contributed by atoms with E-state index in [1.54, 1.807) is 0 Å². The van der Waals surface area contributed by atoms with Crippen molar-refractivity contribution in [2.45, 2.75) is 0 Å². The molecule has 0 aliphatic carbocycles. The van der Waals surface area contributed by atoms with Crippen molar-refractivity contribution in [1.29, 1.82) is 0 Å². The summed E-state index contributed by atoms with van der Waals surface area (Å²) in [4.78, 5) is 71.3. The minimum absolute atomic E-state index is 0.184. The summed E-state index contributed by atoms with van der Waals surface area (Å²) in [7, 11) is 0. The SMILES string of the molecule is NC(=O)c1ccc(C(N)=O)c(-c2cc(C(=O)O)cc(C(=O)O)c2)c1-c1cc(C(=O)O)cc(C(=O)O)c1. The van der Waals surface area contributed by atoms with Crippen molar-refractivity contribution in [2.24, 2.45) is 11.5 Å². The summed E-state index contributed by atoms with van der Waals surface area (Å²) in [5.74, 6) is -8.15. The third kappa shape index (κ3) is 4.72. The summed E-state index contributed by atoms with van der Waals surface area (Å²) in [6, 6.07) is 8.01. The van der Waals surface area contributed by atoms with E-state index in [2.05, 4.69) is 0 Å². The summed E-state index contributed by atoms with van der Waals surface area (Å²) in [5.41, 5.74) is 7.60. The molecule has 3 rings (SSSR count). The molecule has 0 atom stereocenters. The van der Waals surface area contributed by atoms with Gasteiger partial charge in [0.1, 0.15) is 0 Å². The van der Waals surface area contributed by atoms with Gasteiger partial charge in [0.15, 0.2) is 0 Å². The van der Waals surface area contributed by atoms with Crippen LogP contribution in [0.3, 0.4) is 0 Å². The smallest absolute Gasteiger partial charge is 0.335 e.